The summed E-state index contributed by atoms with van der Waals surface area (Å²) in [4.78, 5) is 11.7. The molecule has 6 nitrogen and oxygen atoms in total. The van der Waals surface area contributed by atoms with Crippen molar-refractivity contribution in [2.75, 3.05) is 37.8 Å². The minimum Gasteiger partial charge on any atom is -0.381 e. The molecule has 0 aromatic heterocycles. The van der Waals surface area contributed by atoms with Gasteiger partial charge in [-0.05, 0) is 12.8 Å². The van der Waals surface area contributed by atoms with Gasteiger partial charge in [-0.2, -0.15) is 0 Å². The van der Waals surface area contributed by atoms with Crippen LogP contribution < -0.4 is 10.6 Å². The van der Waals surface area contributed by atoms with E-state index in [0.717, 1.165) is 25.9 Å². The van der Waals surface area contributed by atoms with Gasteiger partial charge in [0.15, 0.2) is 9.84 Å². The van der Waals surface area contributed by atoms with E-state index in [1.807, 2.05) is 0 Å². The lowest BCUT2D eigenvalue weighted by Gasteiger charge is -2.23. The first-order valence-corrected chi connectivity index (χ1v) is 9.14. The van der Waals surface area contributed by atoms with Gasteiger partial charge in [0.1, 0.15) is 0 Å². The first-order valence-electron chi connectivity index (χ1n) is 7.32. The molecule has 0 saturated carbocycles. The summed E-state index contributed by atoms with van der Waals surface area (Å²) in [7, 11) is -2.98. The predicted molar refractivity (Wildman–Crippen MR) is 78.4 cm³/mol. The Balaban J connectivity index is 2.05. The van der Waals surface area contributed by atoms with Crippen LogP contribution in [0.3, 0.4) is 0 Å². The zero-order chi connectivity index (χ0) is 14.8. The largest absolute Gasteiger partial charge is 0.381 e. The molecule has 0 radical (unpaired) electrons. The molecule has 1 aliphatic heterocycles. The molecule has 1 fully saturated rings. The minimum absolute atomic E-state index is 0.0561. The lowest BCUT2D eigenvalue weighted by atomic mass is 10.2. The number of nitrogens with one attached hydrogen (secondary N) is 2. The van der Waals surface area contributed by atoms with Gasteiger partial charge < -0.3 is 15.4 Å². The number of rotatable bonds is 9. The molecule has 1 heterocycles. The molecule has 118 valence electrons. The Morgan fingerprint density at radius 3 is 2.80 bits per heavy atom. The Morgan fingerprint density at radius 2 is 2.10 bits per heavy atom. The van der Waals surface area contributed by atoms with E-state index in [1.54, 1.807) is 0 Å². The van der Waals surface area contributed by atoms with Crippen LogP contribution in [0.15, 0.2) is 0 Å². The number of hydrogen-bond acceptors (Lipinski definition) is 5. The average molecular weight is 306 g/mol. The molecular weight excluding hydrogens is 280 g/mol. The summed E-state index contributed by atoms with van der Waals surface area (Å²) in [6, 6.07) is -0.255. The lowest BCUT2D eigenvalue weighted by Crippen LogP contribution is -2.47. The van der Waals surface area contributed by atoms with E-state index in [2.05, 4.69) is 17.6 Å². The van der Waals surface area contributed by atoms with Gasteiger partial charge in [-0.1, -0.05) is 13.3 Å². The fourth-order valence-electron chi connectivity index (χ4n) is 2.04. The standard InChI is InChI=1S/C13H26N2O4S/c1-2-3-7-19-8-4-5-15-13(16)10-12-11-20(17,18)9-6-14-12/h12,14H,2-11H2,1H3,(H,15,16). The maximum atomic E-state index is 11.7. The quantitative estimate of drug-likeness (QED) is 0.590. The average Bonchev–Trinajstić information content (AvgIpc) is 2.36. The van der Waals surface area contributed by atoms with E-state index >= 15 is 0 Å². The molecule has 2 N–H and O–H groups in total. The molecule has 1 atom stereocenters. The van der Waals surface area contributed by atoms with E-state index in [1.165, 1.54) is 0 Å². The second kappa shape index (κ2) is 9.31. The van der Waals surface area contributed by atoms with Crippen molar-refractivity contribution in [1.29, 1.82) is 0 Å². The summed E-state index contributed by atoms with van der Waals surface area (Å²) in [5, 5.41) is 5.86. The summed E-state index contributed by atoms with van der Waals surface area (Å²) in [6.45, 7) is 4.55. The lowest BCUT2D eigenvalue weighted by molar-refractivity contribution is -0.121. The van der Waals surface area contributed by atoms with E-state index < -0.39 is 9.84 Å². The van der Waals surface area contributed by atoms with Gasteiger partial charge in [0.05, 0.1) is 11.5 Å². The summed E-state index contributed by atoms with van der Waals surface area (Å²) in [6.07, 6.45) is 3.18. The second-order valence-electron chi connectivity index (χ2n) is 5.14. The van der Waals surface area contributed by atoms with Crippen molar-refractivity contribution in [2.45, 2.75) is 38.6 Å². The van der Waals surface area contributed by atoms with E-state index in [4.69, 9.17) is 4.74 Å². The molecular formula is C13H26N2O4S. The number of carbonyl (C=O) groups excluding carboxylic acids is 1. The number of carbonyl (C=O) groups is 1. The van der Waals surface area contributed by atoms with Gasteiger partial charge in [-0.15, -0.1) is 0 Å². The maximum absolute atomic E-state index is 11.7. The molecule has 0 aromatic rings. The predicted octanol–water partition coefficient (Wildman–Crippen LogP) is 0.0861. The van der Waals surface area contributed by atoms with Crippen LogP contribution in [-0.4, -0.2) is 58.2 Å². The minimum atomic E-state index is -2.98. The summed E-state index contributed by atoms with van der Waals surface area (Å²) in [5.41, 5.74) is 0. The van der Waals surface area contributed by atoms with Crippen molar-refractivity contribution < 1.29 is 17.9 Å². The van der Waals surface area contributed by atoms with Crippen LogP contribution in [0.2, 0.25) is 0 Å². The van der Waals surface area contributed by atoms with Gasteiger partial charge in [0.2, 0.25) is 5.91 Å². The first kappa shape index (κ1) is 17.4. The highest BCUT2D eigenvalue weighted by molar-refractivity contribution is 7.91. The van der Waals surface area contributed by atoms with E-state index in [0.29, 0.717) is 19.7 Å². The number of sulfone groups is 1. The van der Waals surface area contributed by atoms with Crippen LogP contribution in [0.25, 0.3) is 0 Å². The van der Waals surface area contributed by atoms with Gasteiger partial charge in [-0.25, -0.2) is 8.42 Å². The molecule has 0 aromatic carbocycles. The van der Waals surface area contributed by atoms with Gasteiger partial charge >= 0.3 is 0 Å². The third-order valence-electron chi connectivity index (χ3n) is 3.16. The van der Waals surface area contributed by atoms with E-state index in [9.17, 15) is 13.2 Å². The second-order valence-corrected chi connectivity index (χ2v) is 7.37. The highest BCUT2D eigenvalue weighted by atomic mass is 32.2. The Hall–Kier alpha value is -0.660. The number of ether oxygens (including phenoxy) is 1. The summed E-state index contributed by atoms with van der Waals surface area (Å²) >= 11 is 0. The maximum Gasteiger partial charge on any atom is 0.221 e. The Kier molecular flexibility index (Phi) is 8.09. The Morgan fingerprint density at radius 1 is 1.35 bits per heavy atom. The third-order valence-corrected chi connectivity index (χ3v) is 4.90. The molecule has 1 amide bonds. The van der Waals surface area contributed by atoms with Crippen molar-refractivity contribution >= 4 is 15.7 Å². The molecule has 7 heteroatoms. The topological polar surface area (TPSA) is 84.5 Å². The number of hydrogen-bond donors (Lipinski definition) is 2. The number of amides is 1. The van der Waals surface area contributed by atoms with Crippen molar-refractivity contribution in [3.8, 4) is 0 Å². The number of unbranched alkanes of at least 4 members (excludes halogenated alkanes) is 1. The zero-order valence-corrected chi connectivity index (χ0v) is 13.0. The zero-order valence-electron chi connectivity index (χ0n) is 12.2. The molecule has 0 bridgehead atoms. The molecule has 20 heavy (non-hydrogen) atoms. The van der Waals surface area contributed by atoms with E-state index in [-0.39, 0.29) is 29.9 Å². The Bertz CT molecular complexity index is 384. The Labute approximate surface area is 121 Å². The first-order chi connectivity index (χ1) is 9.53. The highest BCUT2D eigenvalue weighted by Gasteiger charge is 2.25. The summed E-state index contributed by atoms with van der Waals surface area (Å²) in [5.74, 6) is 0.119. The molecule has 1 aliphatic rings. The van der Waals surface area contributed by atoms with Crippen LogP contribution in [-0.2, 0) is 19.4 Å². The van der Waals surface area contributed by atoms with Crippen molar-refractivity contribution in [1.82, 2.24) is 10.6 Å². The highest BCUT2D eigenvalue weighted by Crippen LogP contribution is 2.04. The molecule has 0 aliphatic carbocycles. The molecule has 1 rings (SSSR count). The van der Waals surface area contributed by atoms with Crippen molar-refractivity contribution in [2.24, 2.45) is 0 Å². The molecule has 0 spiro atoms. The van der Waals surface area contributed by atoms with Crippen LogP contribution in [0.1, 0.15) is 32.6 Å². The SMILES string of the molecule is CCCCOCCCNC(=O)CC1CS(=O)(=O)CCN1. The smallest absolute Gasteiger partial charge is 0.221 e. The van der Waals surface area contributed by atoms with Crippen LogP contribution >= 0.6 is 0 Å². The van der Waals surface area contributed by atoms with Gasteiger partial charge in [-0.3, -0.25) is 4.79 Å². The normalized spacial score (nSPS) is 21.6. The van der Waals surface area contributed by atoms with Crippen LogP contribution in [0.4, 0.5) is 0 Å². The third kappa shape index (κ3) is 7.81. The van der Waals surface area contributed by atoms with Crippen LogP contribution in [0, 0.1) is 0 Å². The fourth-order valence-corrected chi connectivity index (χ4v) is 3.49. The van der Waals surface area contributed by atoms with Crippen molar-refractivity contribution in [3.63, 3.8) is 0 Å². The molecule has 1 saturated heterocycles. The summed E-state index contributed by atoms with van der Waals surface area (Å²) < 4.78 is 28.3. The van der Waals surface area contributed by atoms with Gasteiger partial charge in [0, 0.05) is 38.8 Å². The fraction of sp³-hybridized carbons (Fsp3) is 0.923. The van der Waals surface area contributed by atoms with Crippen LogP contribution in [0.5, 0.6) is 0 Å². The van der Waals surface area contributed by atoms with Crippen molar-refractivity contribution in [3.05, 3.63) is 0 Å². The van der Waals surface area contributed by atoms with Gasteiger partial charge in [0.25, 0.3) is 0 Å². The monoisotopic (exact) mass is 306 g/mol. The molecule has 1 unspecified atom stereocenters.